The molecule has 41 heavy (non-hydrogen) atoms. The van der Waals surface area contributed by atoms with Gasteiger partial charge in [-0.05, 0) is 59.1 Å². The van der Waals surface area contributed by atoms with E-state index in [1.54, 1.807) is 44.5 Å². The van der Waals surface area contributed by atoms with E-state index in [0.717, 1.165) is 29.9 Å². The van der Waals surface area contributed by atoms with E-state index in [9.17, 15) is 14.8 Å². The number of aromatic nitrogens is 4. The van der Waals surface area contributed by atoms with Crippen molar-refractivity contribution in [2.24, 2.45) is 0 Å². The zero-order valence-electron chi connectivity index (χ0n) is 25.6. The summed E-state index contributed by atoms with van der Waals surface area (Å²) in [6, 6.07) is -0.128. The fraction of sp³-hybridized carbons (Fsp3) is 0.607. The maximum atomic E-state index is 12.9. The number of nitrogens with two attached hydrogens (primary N) is 1. The van der Waals surface area contributed by atoms with Crippen LogP contribution in [0.5, 0.6) is 0 Å². The molecule has 0 saturated heterocycles. The lowest BCUT2D eigenvalue weighted by molar-refractivity contribution is -0.203. The zero-order chi connectivity index (χ0) is 31.1. The van der Waals surface area contributed by atoms with Crippen molar-refractivity contribution < 1.29 is 24.0 Å². The Balaban J connectivity index is 0.000000403. The second-order valence-electron chi connectivity index (χ2n) is 9.30. The first-order chi connectivity index (χ1) is 19.5. The molecule has 3 unspecified atom stereocenters. The van der Waals surface area contributed by atoms with Gasteiger partial charge in [-0.25, -0.2) is 10.1 Å². The topological polar surface area (TPSA) is 170 Å². The van der Waals surface area contributed by atoms with Crippen LogP contribution < -0.4 is 16.1 Å². The summed E-state index contributed by atoms with van der Waals surface area (Å²) in [5.74, 6) is -0.0593. The third kappa shape index (κ3) is 11.9. The largest absolute Gasteiger partial charge is 0.433 e. The van der Waals surface area contributed by atoms with Crippen LogP contribution in [0.2, 0.25) is 0 Å². The van der Waals surface area contributed by atoms with Gasteiger partial charge < -0.3 is 35.1 Å². The van der Waals surface area contributed by atoms with Crippen molar-refractivity contribution in [3.63, 3.8) is 0 Å². The molecular formula is C28H50N7O5P. The average molecular weight is 596 g/mol. The summed E-state index contributed by atoms with van der Waals surface area (Å²) in [7, 11) is -3.41. The van der Waals surface area contributed by atoms with Crippen molar-refractivity contribution >= 4 is 30.4 Å². The van der Waals surface area contributed by atoms with Crippen LogP contribution in [0.4, 0.5) is 11.8 Å². The summed E-state index contributed by atoms with van der Waals surface area (Å²) in [6.45, 7) is 17.3. The lowest BCUT2D eigenvalue weighted by atomic mass is 10.2. The molecule has 1 aliphatic rings. The number of aliphatic hydroxyl groups excluding tert-OH is 1. The predicted molar refractivity (Wildman–Crippen MR) is 167 cm³/mol. The Hall–Kier alpha value is -2.76. The van der Waals surface area contributed by atoms with Gasteiger partial charge in [0.1, 0.15) is 5.76 Å². The van der Waals surface area contributed by atoms with Gasteiger partial charge in [-0.2, -0.15) is 9.97 Å². The van der Waals surface area contributed by atoms with Gasteiger partial charge in [0.05, 0.1) is 25.1 Å². The summed E-state index contributed by atoms with van der Waals surface area (Å²) in [4.78, 5) is 12.8. The third-order valence-corrected chi connectivity index (χ3v) is 7.94. The molecule has 6 N–H and O–H groups in total. The molecule has 0 aliphatic heterocycles. The van der Waals surface area contributed by atoms with E-state index >= 15 is 0 Å². The van der Waals surface area contributed by atoms with Gasteiger partial charge in [-0.15, -0.1) is 0 Å². The third-order valence-electron chi connectivity index (χ3n) is 5.86. The molecule has 1 saturated carbocycles. The molecule has 0 aromatic carbocycles. The fourth-order valence-electron chi connectivity index (χ4n) is 3.34. The van der Waals surface area contributed by atoms with Crippen LogP contribution in [0, 0.1) is 0 Å². The number of imidazole rings is 1. The van der Waals surface area contributed by atoms with Gasteiger partial charge in [-0.1, -0.05) is 39.5 Å². The summed E-state index contributed by atoms with van der Waals surface area (Å²) < 4.78 is 25.8. The highest BCUT2D eigenvalue weighted by Crippen LogP contribution is 2.46. The Morgan fingerprint density at radius 3 is 2.59 bits per heavy atom. The normalized spacial score (nSPS) is 17.0. The smallest absolute Gasteiger partial charge is 0.319 e. The number of nitrogens with zero attached hydrogens (tertiary/aromatic N) is 4. The van der Waals surface area contributed by atoms with E-state index in [1.807, 2.05) is 32.3 Å². The minimum absolute atomic E-state index is 0.0829. The Bertz CT molecular complexity index is 1180. The van der Waals surface area contributed by atoms with E-state index in [2.05, 4.69) is 31.9 Å². The van der Waals surface area contributed by atoms with Gasteiger partial charge in [0.15, 0.2) is 22.8 Å². The number of rotatable bonds is 15. The van der Waals surface area contributed by atoms with E-state index in [0.29, 0.717) is 24.4 Å². The Labute approximate surface area is 244 Å². The summed E-state index contributed by atoms with van der Waals surface area (Å²) in [5.41, 5.74) is 7.31. The van der Waals surface area contributed by atoms with Crippen LogP contribution in [0.25, 0.3) is 11.2 Å². The molecule has 2 heterocycles. The summed E-state index contributed by atoms with van der Waals surface area (Å²) >= 11 is 0. The number of aliphatic hydroxyl groups is 2. The highest BCUT2D eigenvalue weighted by atomic mass is 31.2. The van der Waals surface area contributed by atoms with Gasteiger partial charge >= 0.3 is 7.52 Å². The Morgan fingerprint density at radius 1 is 1.37 bits per heavy atom. The van der Waals surface area contributed by atoms with E-state index < -0.39 is 19.3 Å². The number of aryl methyl sites for hydroxylation is 1. The lowest BCUT2D eigenvalue weighted by Crippen LogP contribution is -2.48. The molecule has 0 amide bonds. The van der Waals surface area contributed by atoms with Gasteiger partial charge in [0.25, 0.3) is 0 Å². The zero-order valence-corrected chi connectivity index (χ0v) is 26.5. The van der Waals surface area contributed by atoms with Crippen LogP contribution in [0.15, 0.2) is 43.0 Å². The first-order valence-corrected chi connectivity index (χ1v) is 16.1. The van der Waals surface area contributed by atoms with Gasteiger partial charge in [0, 0.05) is 19.2 Å². The lowest BCUT2D eigenvalue weighted by Gasteiger charge is -2.33. The first kappa shape index (κ1) is 36.3. The molecule has 12 nitrogen and oxygen atoms in total. The number of ether oxygens (including phenoxy) is 1. The Kier molecular flexibility index (Phi) is 15.9. The predicted octanol–water partition coefficient (Wildman–Crippen LogP) is 4.98. The summed E-state index contributed by atoms with van der Waals surface area (Å²) in [5, 5.41) is 25.6. The number of anilines is 2. The maximum absolute atomic E-state index is 12.9. The molecule has 0 spiro atoms. The minimum Gasteiger partial charge on any atom is -0.433 e. The van der Waals surface area contributed by atoms with Gasteiger partial charge in [-0.3, -0.25) is 4.57 Å². The molecule has 232 valence electrons. The monoisotopic (exact) mass is 595 g/mol. The molecule has 1 fully saturated rings. The fourth-order valence-corrected chi connectivity index (χ4v) is 5.22. The number of allylic oxidation sites excluding steroid dienone is 4. The standard InChI is InChI=1S/C16H30NO5P.C10H14N6.C2H6/c1-6-9-10-15(8-3)22-23(20,13-11-18)17-14(4)16(5,19)21-12-7-2;1-2-16-5-12-7-8(13-6-3-4-6)14-10(11)15-9(7)16;1-2/h6,8-10,14,18-19H,1,7,11-13H2,2-5H3,(H,17,20);5-6H,2-4H2,1H3,(H3,11,13,14,15);1-2H3/b10-9-,15-8+;;. The second-order valence-corrected chi connectivity index (χ2v) is 11.5. The van der Waals surface area contributed by atoms with E-state index in [-0.39, 0.29) is 12.8 Å². The van der Waals surface area contributed by atoms with Crippen LogP contribution in [-0.4, -0.2) is 67.0 Å². The molecule has 2 aromatic rings. The summed E-state index contributed by atoms with van der Waals surface area (Å²) in [6.07, 6.45) is 11.3. The number of nitrogen functional groups attached to an aromatic ring is 1. The van der Waals surface area contributed by atoms with Crippen molar-refractivity contribution in [2.45, 2.75) is 92.1 Å². The molecule has 1 aliphatic carbocycles. The van der Waals surface area contributed by atoms with Crippen LogP contribution in [-0.2, 0) is 20.4 Å². The molecule has 3 rings (SSSR count). The number of nitrogens with one attached hydrogen (secondary N) is 2. The second kappa shape index (κ2) is 17.9. The first-order valence-electron chi connectivity index (χ1n) is 14.3. The number of hydrogen-bond donors (Lipinski definition) is 5. The van der Waals surface area contributed by atoms with Crippen molar-refractivity contribution in [1.82, 2.24) is 24.6 Å². The van der Waals surface area contributed by atoms with Crippen molar-refractivity contribution in [3.8, 4) is 0 Å². The molecule has 3 atom stereocenters. The van der Waals surface area contributed by atoms with Crippen LogP contribution in [0.3, 0.4) is 0 Å². The molecule has 13 heteroatoms. The quantitative estimate of drug-likeness (QED) is 0.0815. The maximum Gasteiger partial charge on any atom is 0.319 e. The van der Waals surface area contributed by atoms with E-state index in [4.69, 9.17) is 15.0 Å². The van der Waals surface area contributed by atoms with Crippen molar-refractivity contribution in [1.29, 1.82) is 0 Å². The number of hydrogen-bond acceptors (Lipinski definition) is 10. The van der Waals surface area contributed by atoms with Crippen LogP contribution >= 0.6 is 7.52 Å². The highest BCUT2D eigenvalue weighted by molar-refractivity contribution is 7.57. The molecular weight excluding hydrogens is 545 g/mol. The minimum atomic E-state index is -3.41. The molecule has 0 radical (unpaired) electrons. The SMILES string of the molecule is C=C/C=C\C(=C/C)OP(=O)(CCO)NC(C)C(C)(O)OCCC.CC.CCn1cnc2c(NC3CC3)nc(N)nc21. The highest BCUT2D eigenvalue weighted by Gasteiger charge is 2.36. The van der Waals surface area contributed by atoms with Crippen molar-refractivity contribution in [2.75, 3.05) is 30.4 Å². The van der Waals surface area contributed by atoms with Gasteiger partial charge in [0.2, 0.25) is 5.95 Å². The molecule has 2 aromatic heterocycles. The Morgan fingerprint density at radius 2 is 2.05 bits per heavy atom. The van der Waals surface area contributed by atoms with Crippen molar-refractivity contribution in [3.05, 3.63) is 43.0 Å². The average Bonchev–Trinajstić information content (AvgIpc) is 3.67. The van der Waals surface area contributed by atoms with Crippen LogP contribution in [0.1, 0.15) is 67.7 Å². The van der Waals surface area contributed by atoms with E-state index in [1.165, 1.54) is 19.8 Å². The number of fused-ring (bicyclic) bond motifs is 1. The molecule has 0 bridgehead atoms.